The molecule has 4 heteroatoms. The van der Waals surface area contributed by atoms with Gasteiger partial charge < -0.3 is 4.90 Å². The van der Waals surface area contributed by atoms with Gasteiger partial charge >= 0.3 is 0 Å². The fourth-order valence-electron chi connectivity index (χ4n) is 2.47. The highest BCUT2D eigenvalue weighted by molar-refractivity contribution is 9.10. The van der Waals surface area contributed by atoms with Gasteiger partial charge in [-0.3, -0.25) is 4.90 Å². The zero-order valence-corrected chi connectivity index (χ0v) is 13.2. The number of halogens is 1. The van der Waals surface area contributed by atoms with Crippen LogP contribution in [0.2, 0.25) is 0 Å². The lowest BCUT2D eigenvalue weighted by Gasteiger charge is -2.39. The Hall–Kier alpha value is -1.05. The van der Waals surface area contributed by atoms with Crippen molar-refractivity contribution in [1.29, 1.82) is 5.26 Å². The van der Waals surface area contributed by atoms with Gasteiger partial charge in [0, 0.05) is 42.4 Å². The number of rotatable bonds is 3. The topological polar surface area (TPSA) is 30.3 Å². The van der Waals surface area contributed by atoms with Crippen LogP contribution >= 0.6 is 15.9 Å². The van der Waals surface area contributed by atoms with E-state index in [9.17, 15) is 0 Å². The van der Waals surface area contributed by atoms with Crippen molar-refractivity contribution >= 4 is 21.6 Å². The molecule has 0 amide bonds. The van der Waals surface area contributed by atoms with Crippen molar-refractivity contribution in [2.75, 3.05) is 31.1 Å². The smallest absolute Gasteiger partial charge is 0.100 e. The van der Waals surface area contributed by atoms with Gasteiger partial charge in [-0.2, -0.15) is 5.26 Å². The Kier molecular flexibility index (Phi) is 4.84. The molecule has 1 aliphatic rings. The minimum Gasteiger partial charge on any atom is -0.369 e. The summed E-state index contributed by atoms with van der Waals surface area (Å²) in [7, 11) is 0. The summed E-state index contributed by atoms with van der Waals surface area (Å²) in [4.78, 5) is 4.94. The lowest BCUT2D eigenvalue weighted by molar-refractivity contribution is 0.193. The Morgan fingerprint density at radius 2 is 2.00 bits per heavy atom. The van der Waals surface area contributed by atoms with Crippen molar-refractivity contribution in [3.8, 4) is 6.07 Å². The minimum atomic E-state index is 0.676. The molecule has 0 saturated carbocycles. The molecule has 0 bridgehead atoms. The first kappa shape index (κ1) is 14.4. The fourth-order valence-corrected chi connectivity index (χ4v) is 2.93. The van der Waals surface area contributed by atoms with E-state index in [4.69, 9.17) is 5.26 Å². The van der Waals surface area contributed by atoms with Crippen LogP contribution in [-0.4, -0.2) is 37.1 Å². The third kappa shape index (κ3) is 3.29. The molecule has 1 aromatic carbocycles. The Balaban J connectivity index is 2.02. The molecular formula is C15H20BrN3. The van der Waals surface area contributed by atoms with Crippen LogP contribution in [0.3, 0.4) is 0 Å². The number of hydrogen-bond acceptors (Lipinski definition) is 3. The Labute approximate surface area is 123 Å². The lowest BCUT2D eigenvalue weighted by atomic mass is 10.1. The maximum absolute atomic E-state index is 8.94. The maximum atomic E-state index is 8.94. The molecule has 0 aliphatic carbocycles. The second-order valence-electron chi connectivity index (χ2n) is 5.06. The van der Waals surface area contributed by atoms with Gasteiger partial charge in [-0.1, -0.05) is 6.92 Å². The van der Waals surface area contributed by atoms with Gasteiger partial charge in [-0.05, 0) is 47.5 Å². The molecule has 0 N–H and O–H groups in total. The summed E-state index contributed by atoms with van der Waals surface area (Å²) in [6.07, 6.45) is 1.21. The fraction of sp³-hybridized carbons (Fsp3) is 0.533. The monoisotopic (exact) mass is 321 g/mol. The summed E-state index contributed by atoms with van der Waals surface area (Å²) < 4.78 is 0.886. The zero-order chi connectivity index (χ0) is 13.8. The van der Waals surface area contributed by atoms with Crippen LogP contribution in [-0.2, 0) is 0 Å². The van der Waals surface area contributed by atoms with Gasteiger partial charge in [0.1, 0.15) is 6.07 Å². The highest BCUT2D eigenvalue weighted by Crippen LogP contribution is 2.25. The second kappa shape index (κ2) is 6.40. The van der Waals surface area contributed by atoms with Gasteiger partial charge in [-0.25, -0.2) is 0 Å². The minimum absolute atomic E-state index is 0.676. The normalized spacial score (nSPS) is 18.1. The van der Waals surface area contributed by atoms with E-state index in [0.29, 0.717) is 11.6 Å². The van der Waals surface area contributed by atoms with E-state index in [1.807, 2.05) is 12.1 Å². The molecular weight excluding hydrogens is 302 g/mol. The van der Waals surface area contributed by atoms with Crippen molar-refractivity contribution in [1.82, 2.24) is 4.90 Å². The molecule has 1 fully saturated rings. The average molecular weight is 322 g/mol. The number of piperazine rings is 1. The van der Waals surface area contributed by atoms with Crippen molar-refractivity contribution in [2.45, 2.75) is 26.3 Å². The van der Waals surface area contributed by atoms with E-state index in [1.54, 1.807) is 0 Å². The van der Waals surface area contributed by atoms with Crippen molar-refractivity contribution in [3.63, 3.8) is 0 Å². The molecule has 3 nitrogen and oxygen atoms in total. The molecule has 2 rings (SSSR count). The van der Waals surface area contributed by atoms with E-state index < -0.39 is 0 Å². The quantitative estimate of drug-likeness (QED) is 0.856. The number of anilines is 1. The highest BCUT2D eigenvalue weighted by Gasteiger charge is 2.20. The Morgan fingerprint density at radius 1 is 1.32 bits per heavy atom. The van der Waals surface area contributed by atoms with Gasteiger partial charge in [0.15, 0.2) is 0 Å². The maximum Gasteiger partial charge on any atom is 0.100 e. The molecule has 1 aliphatic heterocycles. The summed E-state index contributed by atoms with van der Waals surface area (Å²) in [6, 6.07) is 8.84. The van der Waals surface area contributed by atoms with Crippen LogP contribution in [0.5, 0.6) is 0 Å². The number of nitriles is 1. The molecule has 0 aromatic heterocycles. The van der Waals surface area contributed by atoms with Crippen molar-refractivity contribution in [3.05, 3.63) is 28.2 Å². The van der Waals surface area contributed by atoms with E-state index in [-0.39, 0.29) is 0 Å². The van der Waals surface area contributed by atoms with Gasteiger partial charge in [0.2, 0.25) is 0 Å². The molecule has 0 radical (unpaired) electrons. The summed E-state index contributed by atoms with van der Waals surface area (Å²) in [5.74, 6) is 0. The molecule has 1 aromatic rings. The average Bonchev–Trinajstić information content (AvgIpc) is 2.46. The summed E-state index contributed by atoms with van der Waals surface area (Å²) in [5.41, 5.74) is 1.90. The van der Waals surface area contributed by atoms with Gasteiger partial charge in [0.05, 0.1) is 5.56 Å². The SMILES string of the molecule is CCC(C)N1CCN(c2ccc(C#N)c(Br)c2)CC1. The predicted molar refractivity (Wildman–Crippen MR) is 82.4 cm³/mol. The van der Waals surface area contributed by atoms with Crippen LogP contribution < -0.4 is 4.90 Å². The highest BCUT2D eigenvalue weighted by atomic mass is 79.9. The van der Waals surface area contributed by atoms with Crippen molar-refractivity contribution < 1.29 is 0 Å². The zero-order valence-electron chi connectivity index (χ0n) is 11.6. The molecule has 1 unspecified atom stereocenters. The number of benzene rings is 1. The summed E-state index contributed by atoms with van der Waals surface area (Å²) in [5, 5.41) is 8.94. The van der Waals surface area contributed by atoms with Crippen LogP contribution in [0.4, 0.5) is 5.69 Å². The molecule has 19 heavy (non-hydrogen) atoms. The standard InChI is InChI=1S/C15H20BrN3/c1-3-12(2)18-6-8-19(9-7-18)14-5-4-13(11-17)15(16)10-14/h4-5,10,12H,3,6-9H2,1-2H3. The van der Waals surface area contributed by atoms with Crippen molar-refractivity contribution in [2.24, 2.45) is 0 Å². The van der Waals surface area contributed by atoms with E-state index in [2.05, 4.69) is 51.7 Å². The largest absolute Gasteiger partial charge is 0.369 e. The van der Waals surface area contributed by atoms with E-state index in [0.717, 1.165) is 30.7 Å². The summed E-state index contributed by atoms with van der Waals surface area (Å²) in [6.45, 7) is 8.90. The van der Waals surface area contributed by atoms with E-state index in [1.165, 1.54) is 12.1 Å². The molecule has 1 atom stereocenters. The third-order valence-corrected chi connectivity index (χ3v) is 4.62. The second-order valence-corrected chi connectivity index (χ2v) is 5.91. The van der Waals surface area contributed by atoms with Crippen LogP contribution in [0.25, 0.3) is 0 Å². The van der Waals surface area contributed by atoms with E-state index >= 15 is 0 Å². The molecule has 102 valence electrons. The van der Waals surface area contributed by atoms with Gasteiger partial charge in [0.25, 0.3) is 0 Å². The van der Waals surface area contributed by atoms with Crippen LogP contribution in [0, 0.1) is 11.3 Å². The first-order valence-electron chi connectivity index (χ1n) is 6.84. The first-order chi connectivity index (χ1) is 9.15. The number of nitrogens with zero attached hydrogens (tertiary/aromatic N) is 3. The molecule has 0 spiro atoms. The number of hydrogen-bond donors (Lipinski definition) is 0. The predicted octanol–water partition coefficient (Wildman–Crippen LogP) is 3.24. The first-order valence-corrected chi connectivity index (χ1v) is 7.63. The van der Waals surface area contributed by atoms with Gasteiger partial charge in [-0.15, -0.1) is 0 Å². The molecule has 1 heterocycles. The molecule has 1 saturated heterocycles. The summed E-state index contributed by atoms with van der Waals surface area (Å²) >= 11 is 3.46. The van der Waals surface area contributed by atoms with Crippen LogP contribution in [0.15, 0.2) is 22.7 Å². The Morgan fingerprint density at radius 3 is 2.53 bits per heavy atom. The third-order valence-electron chi connectivity index (χ3n) is 3.97. The van der Waals surface area contributed by atoms with Crippen LogP contribution in [0.1, 0.15) is 25.8 Å². The Bertz CT molecular complexity index is 473. The lowest BCUT2D eigenvalue weighted by Crippen LogP contribution is -2.49.